The van der Waals surface area contributed by atoms with E-state index in [9.17, 15) is 9.90 Å². The molecule has 4 rings (SSSR count). The van der Waals surface area contributed by atoms with Crippen LogP contribution in [0.15, 0.2) is 0 Å². The van der Waals surface area contributed by atoms with Gasteiger partial charge in [0.2, 0.25) is 0 Å². The van der Waals surface area contributed by atoms with E-state index in [0.717, 1.165) is 42.9 Å². The summed E-state index contributed by atoms with van der Waals surface area (Å²) in [5.74, 6) is 3.87. The summed E-state index contributed by atoms with van der Waals surface area (Å²) in [6, 6.07) is 0. The van der Waals surface area contributed by atoms with Gasteiger partial charge in [-0.1, -0.05) is 13.8 Å². The number of ketones is 1. The zero-order valence-electron chi connectivity index (χ0n) is 16.1. The summed E-state index contributed by atoms with van der Waals surface area (Å²) >= 11 is 0. The largest absolute Gasteiger partial charge is 0.390 e. The Labute approximate surface area is 147 Å². The van der Waals surface area contributed by atoms with Crippen molar-refractivity contribution >= 4 is 5.78 Å². The summed E-state index contributed by atoms with van der Waals surface area (Å²) in [6.07, 6.45) is 10.9. The molecular formula is C22H36O2. The first-order chi connectivity index (χ1) is 11.2. The summed E-state index contributed by atoms with van der Waals surface area (Å²) in [4.78, 5) is 11.9. The minimum absolute atomic E-state index is 0.133. The molecule has 24 heavy (non-hydrogen) atoms. The Morgan fingerprint density at radius 3 is 2.33 bits per heavy atom. The second kappa shape index (κ2) is 5.32. The lowest BCUT2D eigenvalue weighted by Gasteiger charge is -2.61. The Hall–Kier alpha value is -0.370. The van der Waals surface area contributed by atoms with Crippen LogP contribution < -0.4 is 0 Å². The van der Waals surface area contributed by atoms with Gasteiger partial charge in [-0.15, -0.1) is 0 Å². The molecule has 4 aliphatic carbocycles. The van der Waals surface area contributed by atoms with Gasteiger partial charge >= 0.3 is 0 Å². The number of fused-ring (bicyclic) bond motifs is 5. The Balaban J connectivity index is 1.60. The molecule has 0 aromatic carbocycles. The van der Waals surface area contributed by atoms with Gasteiger partial charge in [0, 0.05) is 5.92 Å². The van der Waals surface area contributed by atoms with Gasteiger partial charge in [0.25, 0.3) is 0 Å². The van der Waals surface area contributed by atoms with Crippen LogP contribution in [0.4, 0.5) is 0 Å². The highest BCUT2D eigenvalue weighted by molar-refractivity contribution is 5.78. The van der Waals surface area contributed by atoms with Crippen LogP contribution in [0.25, 0.3) is 0 Å². The number of hydrogen-bond donors (Lipinski definition) is 1. The second-order valence-electron chi connectivity index (χ2n) is 10.5. The molecule has 0 bridgehead atoms. The number of carbonyl (C=O) groups is 1. The van der Waals surface area contributed by atoms with Crippen molar-refractivity contribution < 1.29 is 9.90 Å². The fourth-order valence-electron chi connectivity index (χ4n) is 7.87. The molecule has 2 heteroatoms. The number of rotatable bonds is 1. The van der Waals surface area contributed by atoms with Gasteiger partial charge in [0.1, 0.15) is 5.78 Å². The average molecular weight is 333 g/mol. The van der Waals surface area contributed by atoms with E-state index in [-0.39, 0.29) is 5.41 Å². The standard InChI is InChI=1S/C22H36O2/c1-14(23)15-7-10-20(2)16(13-15)5-6-17-18(20)8-11-21(3)19(17)9-12-22(21,4)24/h15-19,24H,5-13H2,1-4H3/t15-,16+,17-,18+,19+,20+,21+,22-/m1/s1. The number of Topliss-reactive ketones (excluding diaryl/α,β-unsaturated/α-hetero) is 1. The normalized spacial score (nSPS) is 57.0. The van der Waals surface area contributed by atoms with Crippen molar-refractivity contribution in [2.75, 3.05) is 0 Å². The van der Waals surface area contributed by atoms with Crippen LogP contribution >= 0.6 is 0 Å². The van der Waals surface area contributed by atoms with Gasteiger partial charge in [0.15, 0.2) is 0 Å². The third-order valence-corrected chi connectivity index (χ3v) is 9.80. The molecule has 4 saturated carbocycles. The molecule has 0 aliphatic heterocycles. The van der Waals surface area contributed by atoms with Crippen molar-refractivity contribution in [3.63, 3.8) is 0 Å². The van der Waals surface area contributed by atoms with Gasteiger partial charge in [-0.3, -0.25) is 4.79 Å². The summed E-state index contributed by atoms with van der Waals surface area (Å²) < 4.78 is 0. The minimum atomic E-state index is -0.466. The van der Waals surface area contributed by atoms with Crippen LogP contribution in [0, 0.1) is 40.4 Å². The van der Waals surface area contributed by atoms with E-state index in [0.29, 0.717) is 17.1 Å². The van der Waals surface area contributed by atoms with Gasteiger partial charge in [0.05, 0.1) is 5.60 Å². The van der Waals surface area contributed by atoms with Gasteiger partial charge in [-0.05, 0) is 106 Å². The first kappa shape index (κ1) is 17.1. The second-order valence-corrected chi connectivity index (χ2v) is 10.5. The number of carbonyl (C=O) groups excluding carboxylic acids is 1. The Morgan fingerprint density at radius 1 is 0.917 bits per heavy atom. The Bertz CT molecular complexity index is 538. The molecule has 0 heterocycles. The molecule has 0 saturated heterocycles. The number of hydrogen-bond acceptors (Lipinski definition) is 2. The van der Waals surface area contributed by atoms with E-state index >= 15 is 0 Å². The fraction of sp³-hybridized carbons (Fsp3) is 0.955. The van der Waals surface area contributed by atoms with Gasteiger partial charge in [-0.25, -0.2) is 0 Å². The summed E-state index contributed by atoms with van der Waals surface area (Å²) in [5, 5.41) is 11.0. The third-order valence-electron chi connectivity index (χ3n) is 9.80. The third kappa shape index (κ3) is 2.14. The quantitative estimate of drug-likeness (QED) is 0.735. The van der Waals surface area contributed by atoms with Crippen LogP contribution in [0.5, 0.6) is 0 Å². The molecule has 1 N–H and O–H groups in total. The van der Waals surface area contributed by atoms with E-state index in [2.05, 4.69) is 20.8 Å². The SMILES string of the molecule is CC(=O)[C@@H]1CC[C@@]2(C)[C@@H](CC[C@@H]3[C@@H]2CC[C@@]2(C)[C@H]3CC[C@@]2(C)O)C1. The van der Waals surface area contributed by atoms with E-state index in [1.54, 1.807) is 6.92 Å². The van der Waals surface area contributed by atoms with Crippen LogP contribution in [0.3, 0.4) is 0 Å². The number of aliphatic hydroxyl groups is 1. The molecule has 4 aliphatic rings. The summed E-state index contributed by atoms with van der Waals surface area (Å²) in [7, 11) is 0. The highest BCUT2D eigenvalue weighted by Crippen LogP contribution is 2.68. The topological polar surface area (TPSA) is 37.3 Å². The highest BCUT2D eigenvalue weighted by Gasteiger charge is 2.63. The summed E-state index contributed by atoms with van der Waals surface area (Å²) in [5.41, 5.74) is 0.116. The van der Waals surface area contributed by atoms with Crippen molar-refractivity contribution in [1.29, 1.82) is 0 Å². The van der Waals surface area contributed by atoms with Crippen LogP contribution in [0.2, 0.25) is 0 Å². The first-order valence-corrected chi connectivity index (χ1v) is 10.4. The van der Waals surface area contributed by atoms with Crippen molar-refractivity contribution in [3.05, 3.63) is 0 Å². The summed E-state index contributed by atoms with van der Waals surface area (Å²) in [6.45, 7) is 8.83. The van der Waals surface area contributed by atoms with E-state index in [1.165, 1.54) is 38.5 Å². The lowest BCUT2D eigenvalue weighted by atomic mass is 9.44. The fourth-order valence-corrected chi connectivity index (χ4v) is 7.87. The van der Waals surface area contributed by atoms with E-state index in [4.69, 9.17) is 0 Å². The lowest BCUT2D eigenvalue weighted by molar-refractivity contribution is -0.152. The van der Waals surface area contributed by atoms with Crippen LogP contribution in [0.1, 0.15) is 85.5 Å². The molecule has 0 aromatic heterocycles. The van der Waals surface area contributed by atoms with E-state index in [1.807, 2.05) is 0 Å². The molecule has 2 nitrogen and oxygen atoms in total. The zero-order valence-corrected chi connectivity index (χ0v) is 16.1. The Kier molecular flexibility index (Phi) is 3.78. The van der Waals surface area contributed by atoms with Gasteiger partial charge < -0.3 is 5.11 Å². The maximum absolute atomic E-state index is 11.9. The molecule has 0 aromatic rings. The molecule has 0 amide bonds. The molecular weight excluding hydrogens is 296 g/mol. The molecule has 136 valence electrons. The first-order valence-electron chi connectivity index (χ1n) is 10.4. The van der Waals surface area contributed by atoms with Crippen molar-refractivity contribution in [2.24, 2.45) is 40.4 Å². The molecule has 8 atom stereocenters. The molecule has 0 unspecified atom stereocenters. The highest BCUT2D eigenvalue weighted by atomic mass is 16.3. The minimum Gasteiger partial charge on any atom is -0.390 e. The van der Waals surface area contributed by atoms with Crippen molar-refractivity contribution in [2.45, 2.75) is 91.1 Å². The van der Waals surface area contributed by atoms with Crippen LogP contribution in [-0.4, -0.2) is 16.5 Å². The predicted molar refractivity (Wildman–Crippen MR) is 96.5 cm³/mol. The van der Waals surface area contributed by atoms with Crippen molar-refractivity contribution in [3.8, 4) is 0 Å². The molecule has 4 fully saturated rings. The molecule has 0 spiro atoms. The monoisotopic (exact) mass is 332 g/mol. The maximum Gasteiger partial charge on any atom is 0.132 e. The molecule has 0 radical (unpaired) electrons. The smallest absolute Gasteiger partial charge is 0.132 e. The zero-order chi connectivity index (χ0) is 17.3. The van der Waals surface area contributed by atoms with Gasteiger partial charge in [-0.2, -0.15) is 0 Å². The predicted octanol–water partition coefficient (Wildman–Crippen LogP) is 4.99. The van der Waals surface area contributed by atoms with Crippen molar-refractivity contribution in [1.82, 2.24) is 0 Å². The van der Waals surface area contributed by atoms with Crippen LogP contribution in [-0.2, 0) is 4.79 Å². The maximum atomic E-state index is 11.9. The Morgan fingerprint density at radius 2 is 1.62 bits per heavy atom. The average Bonchev–Trinajstić information content (AvgIpc) is 2.76. The lowest BCUT2D eigenvalue weighted by Crippen LogP contribution is -2.56. The van der Waals surface area contributed by atoms with E-state index < -0.39 is 5.60 Å².